The van der Waals surface area contributed by atoms with Crippen LogP contribution in [-0.2, 0) is 9.47 Å². The molecular weight excluding hydrogens is 232 g/mol. The van der Waals surface area contributed by atoms with Gasteiger partial charge in [0.15, 0.2) is 6.29 Å². The smallest absolute Gasteiger partial charge is 0.177 e. The van der Waals surface area contributed by atoms with Gasteiger partial charge in [-0.25, -0.2) is 0 Å². The molecule has 0 aliphatic carbocycles. The molecular formula is C14H18O4. The highest BCUT2D eigenvalue weighted by Gasteiger charge is 2.32. The highest BCUT2D eigenvalue weighted by molar-refractivity contribution is 5.24. The van der Waals surface area contributed by atoms with Crippen LogP contribution in [0.15, 0.2) is 42.0 Å². The van der Waals surface area contributed by atoms with E-state index in [1.807, 2.05) is 43.3 Å². The molecule has 3 atom stereocenters. The molecule has 1 aromatic carbocycles. The maximum atomic E-state index is 9.38. The molecule has 1 heterocycles. The Morgan fingerprint density at radius 3 is 2.61 bits per heavy atom. The van der Waals surface area contributed by atoms with E-state index in [1.165, 1.54) is 0 Å². The number of aliphatic hydroxyl groups excluding tert-OH is 1. The summed E-state index contributed by atoms with van der Waals surface area (Å²) in [6, 6.07) is 9.50. The van der Waals surface area contributed by atoms with Crippen LogP contribution in [0.4, 0.5) is 0 Å². The number of methoxy groups -OCH3 is 1. The van der Waals surface area contributed by atoms with Crippen molar-refractivity contribution < 1.29 is 19.3 Å². The third-order valence-corrected chi connectivity index (χ3v) is 2.91. The fraction of sp³-hybridized carbons (Fsp3) is 0.429. The van der Waals surface area contributed by atoms with E-state index in [1.54, 1.807) is 7.11 Å². The van der Waals surface area contributed by atoms with Gasteiger partial charge in [0.2, 0.25) is 0 Å². The molecule has 98 valence electrons. The van der Waals surface area contributed by atoms with Gasteiger partial charge in [-0.05, 0) is 30.7 Å². The second-order valence-electron chi connectivity index (χ2n) is 4.22. The predicted molar refractivity (Wildman–Crippen MR) is 67.4 cm³/mol. The summed E-state index contributed by atoms with van der Waals surface area (Å²) >= 11 is 0. The van der Waals surface area contributed by atoms with Crippen molar-refractivity contribution in [3.8, 4) is 5.75 Å². The Kier molecular flexibility index (Phi) is 4.36. The lowest BCUT2D eigenvalue weighted by atomic mass is 10.0. The lowest BCUT2D eigenvalue weighted by Crippen LogP contribution is -2.44. The number of hydrogen-bond acceptors (Lipinski definition) is 4. The topological polar surface area (TPSA) is 47.9 Å². The maximum absolute atomic E-state index is 9.38. The SMILES string of the molecule is CO[C@@H]1C=C(C)[C@@H](Oc2ccccc2)[C@H](CO)O1. The van der Waals surface area contributed by atoms with Crippen LogP contribution in [0.1, 0.15) is 6.92 Å². The Labute approximate surface area is 107 Å². The average molecular weight is 250 g/mol. The largest absolute Gasteiger partial charge is 0.483 e. The van der Waals surface area contributed by atoms with Crippen molar-refractivity contribution in [3.05, 3.63) is 42.0 Å². The highest BCUT2D eigenvalue weighted by atomic mass is 16.7. The minimum atomic E-state index is -0.419. The molecule has 0 unspecified atom stereocenters. The van der Waals surface area contributed by atoms with Crippen molar-refractivity contribution >= 4 is 0 Å². The Bertz CT molecular complexity index is 402. The molecule has 0 saturated carbocycles. The highest BCUT2D eigenvalue weighted by Crippen LogP contribution is 2.24. The molecule has 0 amide bonds. The van der Waals surface area contributed by atoms with E-state index in [-0.39, 0.29) is 12.7 Å². The number of ether oxygens (including phenoxy) is 3. The molecule has 4 heteroatoms. The average Bonchev–Trinajstić information content (AvgIpc) is 2.42. The second-order valence-corrected chi connectivity index (χ2v) is 4.22. The lowest BCUT2D eigenvalue weighted by molar-refractivity contribution is -0.167. The van der Waals surface area contributed by atoms with Crippen molar-refractivity contribution in [2.45, 2.75) is 25.4 Å². The van der Waals surface area contributed by atoms with Crippen LogP contribution in [0.5, 0.6) is 5.75 Å². The van der Waals surface area contributed by atoms with Crippen LogP contribution in [-0.4, -0.2) is 37.3 Å². The third kappa shape index (κ3) is 2.90. The number of benzene rings is 1. The predicted octanol–water partition coefficient (Wildman–Crippen LogP) is 1.74. The van der Waals surface area contributed by atoms with Crippen LogP contribution in [0, 0.1) is 0 Å². The molecule has 4 nitrogen and oxygen atoms in total. The molecule has 0 fully saturated rings. The molecule has 1 N–H and O–H groups in total. The minimum Gasteiger partial charge on any atom is -0.483 e. The van der Waals surface area contributed by atoms with Gasteiger partial charge in [0.1, 0.15) is 18.0 Å². The maximum Gasteiger partial charge on any atom is 0.177 e. The van der Waals surface area contributed by atoms with E-state index >= 15 is 0 Å². The van der Waals surface area contributed by atoms with Crippen LogP contribution in [0.25, 0.3) is 0 Å². The first-order chi connectivity index (χ1) is 8.74. The number of hydrogen-bond donors (Lipinski definition) is 1. The summed E-state index contributed by atoms with van der Waals surface area (Å²) in [6.45, 7) is 1.84. The first kappa shape index (κ1) is 13.1. The van der Waals surface area contributed by atoms with Crippen molar-refractivity contribution in [1.82, 2.24) is 0 Å². The van der Waals surface area contributed by atoms with Crippen LogP contribution in [0.2, 0.25) is 0 Å². The quantitative estimate of drug-likeness (QED) is 0.827. The Morgan fingerprint density at radius 1 is 1.28 bits per heavy atom. The zero-order valence-electron chi connectivity index (χ0n) is 10.6. The molecule has 18 heavy (non-hydrogen) atoms. The summed E-state index contributed by atoms with van der Waals surface area (Å²) in [7, 11) is 1.57. The fourth-order valence-corrected chi connectivity index (χ4v) is 1.96. The monoisotopic (exact) mass is 250 g/mol. The van der Waals surface area contributed by atoms with Gasteiger partial charge < -0.3 is 19.3 Å². The first-order valence-electron chi connectivity index (χ1n) is 5.93. The molecule has 0 saturated heterocycles. The Balaban J connectivity index is 2.14. The van der Waals surface area contributed by atoms with Gasteiger partial charge in [0, 0.05) is 7.11 Å². The number of aliphatic hydroxyl groups is 1. The van der Waals surface area contributed by atoms with Gasteiger partial charge in [-0.3, -0.25) is 0 Å². The number of para-hydroxylation sites is 1. The molecule has 1 aliphatic rings. The van der Waals surface area contributed by atoms with E-state index in [4.69, 9.17) is 14.2 Å². The standard InChI is InChI=1S/C14H18O4/c1-10-8-13(16-2)18-12(9-15)14(10)17-11-6-4-3-5-7-11/h3-8,12-15H,9H2,1-2H3/t12-,13-,14+/m0/s1. The zero-order valence-corrected chi connectivity index (χ0v) is 10.6. The van der Waals surface area contributed by atoms with Gasteiger partial charge in [0.25, 0.3) is 0 Å². The van der Waals surface area contributed by atoms with Crippen molar-refractivity contribution in [2.24, 2.45) is 0 Å². The summed E-state index contributed by atoms with van der Waals surface area (Å²) in [5, 5.41) is 9.38. The van der Waals surface area contributed by atoms with Crippen LogP contribution < -0.4 is 4.74 Å². The van der Waals surface area contributed by atoms with Crippen molar-refractivity contribution in [3.63, 3.8) is 0 Å². The Hall–Kier alpha value is -1.36. The normalized spacial score (nSPS) is 27.7. The van der Waals surface area contributed by atoms with E-state index in [2.05, 4.69) is 0 Å². The van der Waals surface area contributed by atoms with Crippen LogP contribution in [0.3, 0.4) is 0 Å². The van der Waals surface area contributed by atoms with E-state index in [9.17, 15) is 5.11 Å². The van der Waals surface area contributed by atoms with E-state index < -0.39 is 12.4 Å². The van der Waals surface area contributed by atoms with Gasteiger partial charge in [-0.2, -0.15) is 0 Å². The van der Waals surface area contributed by atoms with Gasteiger partial charge >= 0.3 is 0 Å². The summed E-state index contributed by atoms with van der Waals surface area (Å²) in [5.41, 5.74) is 0.996. The van der Waals surface area contributed by atoms with E-state index in [0.717, 1.165) is 11.3 Å². The summed E-state index contributed by atoms with van der Waals surface area (Å²) in [5.74, 6) is 0.758. The number of rotatable bonds is 4. The van der Waals surface area contributed by atoms with Crippen LogP contribution >= 0.6 is 0 Å². The van der Waals surface area contributed by atoms with Crippen molar-refractivity contribution in [1.29, 1.82) is 0 Å². The molecule has 0 aromatic heterocycles. The second kappa shape index (κ2) is 6.00. The first-order valence-corrected chi connectivity index (χ1v) is 5.93. The zero-order chi connectivity index (χ0) is 13.0. The molecule has 0 spiro atoms. The van der Waals surface area contributed by atoms with Gasteiger partial charge in [-0.15, -0.1) is 0 Å². The fourth-order valence-electron chi connectivity index (χ4n) is 1.96. The minimum absolute atomic E-state index is 0.109. The van der Waals surface area contributed by atoms with Gasteiger partial charge in [-0.1, -0.05) is 18.2 Å². The van der Waals surface area contributed by atoms with Crippen molar-refractivity contribution in [2.75, 3.05) is 13.7 Å². The summed E-state index contributed by atoms with van der Waals surface area (Å²) in [6.07, 6.45) is 0.737. The molecule has 0 radical (unpaired) electrons. The molecule has 1 aromatic rings. The summed E-state index contributed by atoms with van der Waals surface area (Å²) in [4.78, 5) is 0. The molecule has 2 rings (SSSR count). The van der Waals surface area contributed by atoms with E-state index in [0.29, 0.717) is 0 Å². The lowest BCUT2D eigenvalue weighted by Gasteiger charge is -2.33. The summed E-state index contributed by atoms with van der Waals surface area (Å²) < 4.78 is 16.5. The Morgan fingerprint density at radius 2 is 2.00 bits per heavy atom. The van der Waals surface area contributed by atoms with Gasteiger partial charge in [0.05, 0.1) is 6.61 Å². The molecule has 0 bridgehead atoms. The third-order valence-electron chi connectivity index (χ3n) is 2.91. The molecule has 1 aliphatic heterocycles.